The molecule has 2 atom stereocenters. The van der Waals surface area contributed by atoms with Crippen LogP contribution in [0.5, 0.6) is 0 Å². The molecule has 0 amide bonds. The minimum Gasteiger partial charge on any atom is -0.310 e. The van der Waals surface area contributed by atoms with E-state index in [1.165, 1.54) is 122 Å². The van der Waals surface area contributed by atoms with Crippen molar-refractivity contribution in [3.63, 3.8) is 0 Å². The van der Waals surface area contributed by atoms with Crippen molar-refractivity contribution in [3.05, 3.63) is 293 Å². The third-order valence-electron chi connectivity index (χ3n) is 17.2. The highest BCUT2D eigenvalue weighted by atomic mass is 15.1. The van der Waals surface area contributed by atoms with Crippen LogP contribution in [0.4, 0.5) is 17.1 Å². The summed E-state index contributed by atoms with van der Waals surface area (Å²) in [5.74, 6) is 0.351. The number of hydrogen-bond donors (Lipinski definition) is 0. The zero-order valence-electron chi connectivity index (χ0n) is 41.2. The Morgan fingerprint density at radius 2 is 1.00 bits per heavy atom. The van der Waals surface area contributed by atoms with E-state index < -0.39 is 0 Å². The van der Waals surface area contributed by atoms with Gasteiger partial charge in [0.2, 0.25) is 0 Å². The standard InChI is InChI=1S/C71H52N2/c1-45-50(28-19-29-51(45)57-26-11-17-34-67(57)72(47-20-5-4-6-21-47)49-37-39-56-52-22-7-13-30-61(52)70(2,3)66(56)44-49)46-36-41-69-60(42-46)58-27-12-18-35-68(58)73(69)48-38-40-65-59(43-48)55-25-10-16-33-64(55)71(65)62-31-14-8-23-53(62)54-24-9-15-32-63(54)71/h4-45,51H,1-3H3. The molecule has 1 aromatic heterocycles. The maximum Gasteiger partial charge on any atom is 0.0725 e. The number of anilines is 3. The van der Waals surface area contributed by atoms with Gasteiger partial charge < -0.3 is 9.47 Å². The molecule has 2 nitrogen and oxygen atoms in total. The Balaban J connectivity index is 0.821. The summed E-state index contributed by atoms with van der Waals surface area (Å²) in [7, 11) is 0. The zero-order chi connectivity index (χ0) is 48.6. The van der Waals surface area contributed by atoms with Gasteiger partial charge in [-0.3, -0.25) is 0 Å². The van der Waals surface area contributed by atoms with Crippen molar-refractivity contribution in [2.45, 2.75) is 37.5 Å². The van der Waals surface area contributed by atoms with Crippen LogP contribution in [0.1, 0.15) is 71.2 Å². The first kappa shape index (κ1) is 42.0. The molecule has 11 aromatic rings. The van der Waals surface area contributed by atoms with Gasteiger partial charge >= 0.3 is 0 Å². The first-order valence-corrected chi connectivity index (χ1v) is 26.0. The van der Waals surface area contributed by atoms with Crippen LogP contribution in [0.25, 0.3) is 66.4 Å². The van der Waals surface area contributed by atoms with Crippen molar-refractivity contribution in [1.82, 2.24) is 4.57 Å². The fourth-order valence-corrected chi connectivity index (χ4v) is 14.0. The Morgan fingerprint density at radius 1 is 0.425 bits per heavy atom. The van der Waals surface area contributed by atoms with E-state index >= 15 is 0 Å². The van der Waals surface area contributed by atoms with Gasteiger partial charge in [0.25, 0.3) is 0 Å². The van der Waals surface area contributed by atoms with E-state index in [1.807, 2.05) is 0 Å². The molecule has 0 aliphatic heterocycles. The van der Waals surface area contributed by atoms with Crippen LogP contribution >= 0.6 is 0 Å². The molecule has 1 heterocycles. The number of benzene rings is 10. The van der Waals surface area contributed by atoms with Gasteiger partial charge in [-0.05, 0) is 150 Å². The van der Waals surface area contributed by atoms with E-state index in [0.29, 0.717) is 0 Å². The second-order valence-electron chi connectivity index (χ2n) is 21.2. The van der Waals surface area contributed by atoms with Crippen LogP contribution in [-0.2, 0) is 10.8 Å². The van der Waals surface area contributed by atoms with Gasteiger partial charge in [-0.2, -0.15) is 0 Å². The highest BCUT2D eigenvalue weighted by Gasteiger charge is 2.51. The molecule has 0 saturated heterocycles. The summed E-state index contributed by atoms with van der Waals surface area (Å²) in [5.41, 5.74) is 26.7. The molecule has 15 rings (SSSR count). The minimum absolute atomic E-state index is 0.107. The number of fused-ring (bicyclic) bond motifs is 16. The molecule has 0 radical (unpaired) electrons. The molecule has 0 saturated carbocycles. The van der Waals surface area contributed by atoms with E-state index in [9.17, 15) is 0 Å². The van der Waals surface area contributed by atoms with E-state index in [-0.39, 0.29) is 22.7 Å². The number of aromatic nitrogens is 1. The Bertz CT molecular complexity index is 4120. The van der Waals surface area contributed by atoms with Gasteiger partial charge in [-0.15, -0.1) is 0 Å². The van der Waals surface area contributed by atoms with Crippen LogP contribution in [0.15, 0.2) is 249 Å². The topological polar surface area (TPSA) is 8.17 Å². The number of nitrogens with zero attached hydrogens (tertiary/aromatic N) is 2. The molecule has 1 spiro atoms. The molecule has 10 aromatic carbocycles. The molecule has 73 heavy (non-hydrogen) atoms. The predicted octanol–water partition coefficient (Wildman–Crippen LogP) is 18.3. The first-order valence-electron chi connectivity index (χ1n) is 26.0. The van der Waals surface area contributed by atoms with Gasteiger partial charge in [-0.25, -0.2) is 0 Å². The summed E-state index contributed by atoms with van der Waals surface area (Å²) >= 11 is 0. The molecule has 0 N–H and O–H groups in total. The third kappa shape index (κ3) is 5.81. The molecule has 0 bridgehead atoms. The van der Waals surface area contributed by atoms with Crippen molar-refractivity contribution in [1.29, 1.82) is 0 Å². The molecule has 2 unspecified atom stereocenters. The Morgan fingerprint density at radius 3 is 1.74 bits per heavy atom. The van der Waals surface area contributed by atoms with Crippen LogP contribution in [0.2, 0.25) is 0 Å². The number of hydrogen-bond acceptors (Lipinski definition) is 1. The molecule has 2 heteroatoms. The predicted molar refractivity (Wildman–Crippen MR) is 305 cm³/mol. The second-order valence-corrected chi connectivity index (χ2v) is 21.2. The van der Waals surface area contributed by atoms with Crippen molar-refractivity contribution in [3.8, 4) is 39.1 Å². The highest BCUT2D eigenvalue weighted by molar-refractivity contribution is 6.10. The minimum atomic E-state index is -0.365. The van der Waals surface area contributed by atoms with Crippen LogP contribution < -0.4 is 4.90 Å². The van der Waals surface area contributed by atoms with Crippen molar-refractivity contribution in [2.24, 2.45) is 5.92 Å². The zero-order valence-corrected chi connectivity index (χ0v) is 41.2. The molecule has 346 valence electrons. The summed E-state index contributed by atoms with van der Waals surface area (Å²) in [5, 5.41) is 2.52. The fraction of sp³-hybridized carbons (Fsp3) is 0.0986. The lowest BCUT2D eigenvalue weighted by Gasteiger charge is -2.34. The van der Waals surface area contributed by atoms with Gasteiger partial charge in [-0.1, -0.05) is 209 Å². The fourth-order valence-electron chi connectivity index (χ4n) is 14.0. The first-order chi connectivity index (χ1) is 35.9. The maximum absolute atomic E-state index is 2.49. The summed E-state index contributed by atoms with van der Waals surface area (Å²) < 4.78 is 2.49. The molecule has 4 aliphatic carbocycles. The lowest BCUT2D eigenvalue weighted by molar-refractivity contribution is 0.653. The lowest BCUT2D eigenvalue weighted by Crippen LogP contribution is -2.25. The van der Waals surface area contributed by atoms with Gasteiger partial charge in [0.15, 0.2) is 0 Å². The van der Waals surface area contributed by atoms with E-state index in [2.05, 4.69) is 279 Å². The maximum atomic E-state index is 2.49. The van der Waals surface area contributed by atoms with Gasteiger partial charge in [0.1, 0.15) is 0 Å². The summed E-state index contributed by atoms with van der Waals surface area (Å²) in [6.45, 7) is 7.16. The van der Waals surface area contributed by atoms with Crippen molar-refractivity contribution >= 4 is 44.4 Å². The highest BCUT2D eigenvalue weighted by Crippen LogP contribution is 2.63. The molecular weight excluding hydrogens is 881 g/mol. The Kier molecular flexibility index (Phi) is 9.00. The van der Waals surface area contributed by atoms with Gasteiger partial charge in [0.05, 0.1) is 16.4 Å². The van der Waals surface area contributed by atoms with Crippen LogP contribution in [0.3, 0.4) is 0 Å². The summed E-state index contributed by atoms with van der Waals surface area (Å²) in [6.07, 6.45) is 7.07. The molecule has 0 fully saturated rings. The van der Waals surface area contributed by atoms with Crippen molar-refractivity contribution in [2.75, 3.05) is 4.90 Å². The third-order valence-corrected chi connectivity index (χ3v) is 17.2. The van der Waals surface area contributed by atoms with E-state index in [4.69, 9.17) is 0 Å². The number of allylic oxidation sites excluding steroid dienone is 4. The van der Waals surface area contributed by atoms with E-state index in [1.54, 1.807) is 0 Å². The number of para-hydroxylation sites is 3. The van der Waals surface area contributed by atoms with Gasteiger partial charge in [0, 0.05) is 44.9 Å². The monoisotopic (exact) mass is 932 g/mol. The molecular formula is C71H52N2. The SMILES string of the molecule is CC1C(c2ccc3c(c2)c2ccccc2n3-c2ccc3c(c2)-c2ccccc2C32c3ccccc3-c3ccccc32)=CC=CC1c1ccccc1N(c1ccccc1)c1ccc2c(c1)C(C)(C)c1ccccc1-2. The smallest absolute Gasteiger partial charge is 0.0725 e. The van der Waals surface area contributed by atoms with Crippen LogP contribution in [0, 0.1) is 5.92 Å². The summed E-state index contributed by atoms with van der Waals surface area (Å²) in [4.78, 5) is 2.48. The largest absolute Gasteiger partial charge is 0.310 e. The summed E-state index contributed by atoms with van der Waals surface area (Å²) in [6, 6.07) is 86.7. The Labute approximate surface area is 427 Å². The lowest BCUT2D eigenvalue weighted by atomic mass is 9.70. The average Bonchev–Trinajstić information content (AvgIpc) is 4.13. The number of rotatable bonds is 6. The normalized spacial score (nSPS) is 16.9. The quantitative estimate of drug-likeness (QED) is 0.161. The average molecular weight is 933 g/mol. The molecule has 4 aliphatic rings. The second kappa shape index (κ2) is 15.6. The van der Waals surface area contributed by atoms with Crippen molar-refractivity contribution < 1.29 is 0 Å². The van der Waals surface area contributed by atoms with E-state index in [0.717, 1.165) is 5.69 Å². The van der Waals surface area contributed by atoms with Crippen LogP contribution in [-0.4, -0.2) is 4.57 Å². The Hall–Kier alpha value is -8.72.